The number of rotatable bonds is 4. The van der Waals surface area contributed by atoms with Gasteiger partial charge in [0.05, 0.1) is 0 Å². The number of aliphatic carboxylic acids is 1. The third-order valence-corrected chi connectivity index (χ3v) is 2.11. The summed E-state index contributed by atoms with van der Waals surface area (Å²) in [6, 6.07) is 2.85. The van der Waals surface area contributed by atoms with Gasteiger partial charge in [-0.1, -0.05) is 24.3 Å². The smallest absolute Gasteiger partial charge is 0.328 e. The number of phenolic OH excluding ortho intramolecular Hbond substituents is 2. The van der Waals surface area contributed by atoms with Crippen molar-refractivity contribution in [3.05, 3.63) is 47.6 Å². The minimum Gasteiger partial charge on any atom is -0.504 e. The molecule has 0 spiro atoms. The van der Waals surface area contributed by atoms with E-state index in [1.54, 1.807) is 25.1 Å². The zero-order valence-electron chi connectivity index (χ0n) is 9.92. The lowest BCUT2D eigenvalue weighted by atomic mass is 10.1. The predicted molar refractivity (Wildman–Crippen MR) is 70.3 cm³/mol. The van der Waals surface area contributed by atoms with Crippen molar-refractivity contribution in [2.24, 2.45) is 0 Å². The molecule has 0 aliphatic carbocycles. The Balaban J connectivity index is 3.18. The molecule has 0 bridgehead atoms. The molecule has 0 aromatic heterocycles. The van der Waals surface area contributed by atoms with Crippen LogP contribution in [0, 0.1) is 0 Å². The molecular formula is C14H14O4. The van der Waals surface area contributed by atoms with Crippen molar-refractivity contribution < 1.29 is 20.1 Å². The minimum atomic E-state index is -1.08. The van der Waals surface area contributed by atoms with Gasteiger partial charge in [-0.3, -0.25) is 0 Å². The summed E-state index contributed by atoms with van der Waals surface area (Å²) < 4.78 is 0. The number of phenols is 2. The fourth-order valence-electron chi connectivity index (χ4n) is 1.29. The van der Waals surface area contributed by atoms with Crippen molar-refractivity contribution in [1.82, 2.24) is 0 Å². The molecule has 0 saturated carbocycles. The summed E-state index contributed by atoms with van der Waals surface area (Å²) in [6.07, 6.45) is 5.56. The summed E-state index contributed by atoms with van der Waals surface area (Å²) in [7, 11) is 0. The van der Waals surface area contributed by atoms with Gasteiger partial charge in [0.2, 0.25) is 0 Å². The van der Waals surface area contributed by atoms with Crippen molar-refractivity contribution in [2.45, 2.75) is 6.92 Å². The van der Waals surface area contributed by atoms with E-state index in [0.717, 1.165) is 11.6 Å². The normalized spacial score (nSPS) is 11.2. The summed E-state index contributed by atoms with van der Waals surface area (Å²) in [5.41, 5.74) is 1.66. The van der Waals surface area contributed by atoms with E-state index in [2.05, 4.69) is 6.58 Å². The van der Waals surface area contributed by atoms with Crippen LogP contribution in [0.15, 0.2) is 36.4 Å². The molecule has 0 amide bonds. The molecule has 1 aromatic carbocycles. The van der Waals surface area contributed by atoms with Gasteiger partial charge in [-0.2, -0.15) is 0 Å². The quantitative estimate of drug-likeness (QED) is 0.433. The van der Waals surface area contributed by atoms with Crippen molar-refractivity contribution in [1.29, 1.82) is 0 Å². The van der Waals surface area contributed by atoms with Crippen molar-refractivity contribution in [2.75, 3.05) is 0 Å². The summed E-state index contributed by atoms with van der Waals surface area (Å²) >= 11 is 0. The Morgan fingerprint density at radius 2 is 1.89 bits per heavy atom. The first kappa shape index (κ1) is 13.6. The van der Waals surface area contributed by atoms with E-state index in [4.69, 9.17) is 5.11 Å². The van der Waals surface area contributed by atoms with E-state index in [9.17, 15) is 15.0 Å². The number of benzene rings is 1. The molecule has 18 heavy (non-hydrogen) atoms. The van der Waals surface area contributed by atoms with Gasteiger partial charge in [-0.15, -0.1) is 0 Å². The Labute approximate surface area is 105 Å². The SMILES string of the molecule is C=C(C)C=Cc1cc(/C=C/C(=O)O)cc(O)c1O. The molecule has 0 fully saturated rings. The molecule has 94 valence electrons. The van der Waals surface area contributed by atoms with Crippen molar-refractivity contribution >= 4 is 18.1 Å². The number of hydrogen-bond acceptors (Lipinski definition) is 3. The third kappa shape index (κ3) is 3.83. The Bertz CT molecular complexity index is 539. The van der Waals surface area contributed by atoms with E-state index in [-0.39, 0.29) is 11.5 Å². The predicted octanol–water partition coefficient (Wildman–Crippen LogP) is 2.78. The fourth-order valence-corrected chi connectivity index (χ4v) is 1.29. The Kier molecular flexibility index (Phi) is 4.32. The Morgan fingerprint density at radius 1 is 1.22 bits per heavy atom. The number of hydrogen-bond donors (Lipinski definition) is 3. The molecule has 0 saturated heterocycles. The second kappa shape index (κ2) is 5.72. The first-order valence-corrected chi connectivity index (χ1v) is 5.20. The molecule has 0 radical (unpaired) electrons. The molecule has 4 heteroatoms. The fraction of sp³-hybridized carbons (Fsp3) is 0.0714. The number of aromatic hydroxyl groups is 2. The van der Waals surface area contributed by atoms with Crippen LogP contribution in [0.25, 0.3) is 12.2 Å². The van der Waals surface area contributed by atoms with E-state index in [0.29, 0.717) is 11.1 Å². The number of allylic oxidation sites excluding steroid dienone is 2. The lowest BCUT2D eigenvalue weighted by Crippen LogP contribution is -1.86. The summed E-state index contributed by atoms with van der Waals surface area (Å²) in [5.74, 6) is -1.63. The van der Waals surface area contributed by atoms with Gasteiger partial charge in [0.1, 0.15) is 0 Å². The van der Waals surface area contributed by atoms with E-state index in [1.165, 1.54) is 12.1 Å². The number of carboxylic acid groups (broad SMARTS) is 1. The largest absolute Gasteiger partial charge is 0.504 e. The molecule has 1 rings (SSSR count). The zero-order valence-corrected chi connectivity index (χ0v) is 9.92. The molecule has 0 unspecified atom stereocenters. The first-order chi connectivity index (χ1) is 8.40. The van der Waals surface area contributed by atoms with Gasteiger partial charge in [-0.25, -0.2) is 4.79 Å². The van der Waals surface area contributed by atoms with Gasteiger partial charge in [0.25, 0.3) is 0 Å². The Morgan fingerprint density at radius 3 is 2.44 bits per heavy atom. The highest BCUT2D eigenvalue weighted by atomic mass is 16.4. The second-order valence-electron chi connectivity index (χ2n) is 3.83. The van der Waals surface area contributed by atoms with Crippen LogP contribution in [0.4, 0.5) is 0 Å². The molecule has 1 aromatic rings. The molecular weight excluding hydrogens is 232 g/mol. The highest BCUT2D eigenvalue weighted by Crippen LogP contribution is 2.32. The van der Waals surface area contributed by atoms with E-state index >= 15 is 0 Å². The number of carbonyl (C=O) groups is 1. The number of carboxylic acids is 1. The summed E-state index contributed by atoms with van der Waals surface area (Å²) in [5, 5.41) is 27.7. The van der Waals surface area contributed by atoms with Crippen LogP contribution < -0.4 is 0 Å². The van der Waals surface area contributed by atoms with Crippen LogP contribution >= 0.6 is 0 Å². The van der Waals surface area contributed by atoms with Gasteiger partial charge < -0.3 is 15.3 Å². The highest BCUT2D eigenvalue weighted by molar-refractivity contribution is 5.85. The zero-order chi connectivity index (χ0) is 13.7. The van der Waals surface area contributed by atoms with Crippen molar-refractivity contribution in [3.8, 4) is 11.5 Å². The van der Waals surface area contributed by atoms with Gasteiger partial charge in [0.15, 0.2) is 11.5 Å². The standard InChI is InChI=1S/C14H14O4/c1-9(2)3-5-11-7-10(4-6-13(16)17)8-12(15)14(11)18/h3-8,15,18H,1H2,2H3,(H,16,17)/b5-3?,6-4+. The second-order valence-corrected chi connectivity index (χ2v) is 3.83. The monoisotopic (exact) mass is 246 g/mol. The molecule has 0 atom stereocenters. The van der Waals surface area contributed by atoms with Crippen LogP contribution in [-0.4, -0.2) is 21.3 Å². The van der Waals surface area contributed by atoms with Gasteiger partial charge >= 0.3 is 5.97 Å². The van der Waals surface area contributed by atoms with Crippen LogP contribution in [0.1, 0.15) is 18.1 Å². The maximum atomic E-state index is 10.4. The van der Waals surface area contributed by atoms with E-state index in [1.807, 2.05) is 0 Å². The molecule has 4 nitrogen and oxygen atoms in total. The van der Waals surface area contributed by atoms with Gasteiger partial charge in [0, 0.05) is 11.6 Å². The molecule has 0 aliphatic rings. The lowest BCUT2D eigenvalue weighted by molar-refractivity contribution is -0.131. The maximum absolute atomic E-state index is 10.4. The molecule has 0 heterocycles. The van der Waals surface area contributed by atoms with Crippen LogP contribution in [0.3, 0.4) is 0 Å². The summed E-state index contributed by atoms with van der Waals surface area (Å²) in [4.78, 5) is 10.4. The molecule has 0 aliphatic heterocycles. The third-order valence-electron chi connectivity index (χ3n) is 2.11. The van der Waals surface area contributed by atoms with E-state index < -0.39 is 5.97 Å². The van der Waals surface area contributed by atoms with Crippen LogP contribution in [-0.2, 0) is 4.79 Å². The average Bonchev–Trinajstić information content (AvgIpc) is 2.28. The first-order valence-electron chi connectivity index (χ1n) is 5.20. The summed E-state index contributed by atoms with van der Waals surface area (Å²) in [6.45, 7) is 5.47. The highest BCUT2D eigenvalue weighted by Gasteiger charge is 2.05. The van der Waals surface area contributed by atoms with Crippen LogP contribution in [0.2, 0.25) is 0 Å². The maximum Gasteiger partial charge on any atom is 0.328 e. The minimum absolute atomic E-state index is 0.250. The van der Waals surface area contributed by atoms with Crippen LogP contribution in [0.5, 0.6) is 11.5 Å². The van der Waals surface area contributed by atoms with Crippen molar-refractivity contribution in [3.63, 3.8) is 0 Å². The molecule has 3 N–H and O–H groups in total. The Hall–Kier alpha value is -2.49. The van der Waals surface area contributed by atoms with Gasteiger partial charge in [-0.05, 0) is 30.7 Å². The topological polar surface area (TPSA) is 77.8 Å². The lowest BCUT2D eigenvalue weighted by Gasteiger charge is -2.04. The average molecular weight is 246 g/mol.